The van der Waals surface area contributed by atoms with Gasteiger partial charge < -0.3 is 42.6 Å². The number of aliphatic carboxylic acids is 1. The minimum atomic E-state index is -1.47. The van der Waals surface area contributed by atoms with Gasteiger partial charge in [0.25, 0.3) is 0 Å². The van der Waals surface area contributed by atoms with E-state index in [1.54, 1.807) is 0 Å². The monoisotopic (exact) mass is 373 g/mol. The van der Waals surface area contributed by atoms with Crippen molar-refractivity contribution < 1.29 is 29.5 Å². The minimum Gasteiger partial charge on any atom is -0.481 e. The Labute approximate surface area is 152 Å². The predicted octanol–water partition coefficient (Wildman–Crippen LogP) is -2.89. The summed E-state index contributed by atoms with van der Waals surface area (Å²) in [5, 5.41) is 29.7. The molecule has 0 aromatic heterocycles. The summed E-state index contributed by atoms with van der Waals surface area (Å²) in [6, 6.07) is -2.47. The van der Waals surface area contributed by atoms with Crippen LogP contribution in [-0.2, 0) is 9.59 Å². The van der Waals surface area contributed by atoms with Gasteiger partial charge in [0.1, 0.15) is 0 Å². The molecule has 0 aromatic rings. The van der Waals surface area contributed by atoms with Crippen LogP contribution in [-0.4, -0.2) is 76.8 Å². The quantitative estimate of drug-likeness (QED) is 0.208. The largest absolute Gasteiger partial charge is 0.481 e. The smallest absolute Gasteiger partial charge is 0.451 e. The zero-order valence-electron chi connectivity index (χ0n) is 14.6. The zero-order valence-corrected chi connectivity index (χ0v) is 14.6. The fraction of sp³-hybridized carbons (Fsp3) is 0.786. The number of rotatable bonds is 9. The zero-order chi connectivity index (χ0) is 19.9. The standard InChI is InChI=1S/C14H28BN5O6/c16-10(2-4-19-14(18)24)11(17)12(21)20-6-8(1-3-15(25)26)5-9(7-20)13(22)23/h8-11,25-26H,1-7,16-17H2,(H,22,23)(H3,18,19,24)/t8?,9?,10-,11?/m1/s1. The normalized spacial score (nSPS) is 22.4. The average molecular weight is 373 g/mol. The Morgan fingerprint density at radius 1 is 1.23 bits per heavy atom. The summed E-state index contributed by atoms with van der Waals surface area (Å²) in [7, 11) is -1.47. The number of carboxylic acids is 1. The van der Waals surface area contributed by atoms with Gasteiger partial charge in [0, 0.05) is 25.7 Å². The van der Waals surface area contributed by atoms with E-state index in [4.69, 9.17) is 27.2 Å². The van der Waals surface area contributed by atoms with E-state index < -0.39 is 43.0 Å². The summed E-state index contributed by atoms with van der Waals surface area (Å²) in [6.07, 6.45) is 1.08. The Bertz CT molecular complexity index is 508. The molecule has 10 N–H and O–H groups in total. The van der Waals surface area contributed by atoms with Crippen molar-refractivity contribution >= 4 is 25.0 Å². The maximum Gasteiger partial charge on any atom is 0.451 e. The molecule has 0 aliphatic carbocycles. The first-order valence-electron chi connectivity index (χ1n) is 8.54. The molecular weight excluding hydrogens is 345 g/mol. The lowest BCUT2D eigenvalue weighted by molar-refractivity contribution is -0.147. The van der Waals surface area contributed by atoms with E-state index in [0.29, 0.717) is 12.8 Å². The summed E-state index contributed by atoms with van der Waals surface area (Å²) in [6.45, 7) is 0.494. The number of carboxylic acid groups (broad SMARTS) is 1. The van der Waals surface area contributed by atoms with Gasteiger partial charge in [0.15, 0.2) is 0 Å². The number of carbonyl (C=O) groups excluding carboxylic acids is 2. The predicted molar refractivity (Wildman–Crippen MR) is 93.6 cm³/mol. The highest BCUT2D eigenvalue weighted by molar-refractivity contribution is 6.40. The fourth-order valence-electron chi connectivity index (χ4n) is 3.09. The van der Waals surface area contributed by atoms with Crippen LogP contribution in [0, 0.1) is 11.8 Å². The number of nitrogens with one attached hydrogen (secondary N) is 1. The van der Waals surface area contributed by atoms with Crippen LogP contribution >= 0.6 is 0 Å². The van der Waals surface area contributed by atoms with Crippen molar-refractivity contribution in [2.24, 2.45) is 29.0 Å². The van der Waals surface area contributed by atoms with Gasteiger partial charge in [-0.05, 0) is 25.1 Å². The van der Waals surface area contributed by atoms with Crippen LogP contribution in [0.4, 0.5) is 4.79 Å². The highest BCUT2D eigenvalue weighted by Gasteiger charge is 2.36. The fourth-order valence-corrected chi connectivity index (χ4v) is 3.09. The number of amides is 3. The third-order valence-corrected chi connectivity index (χ3v) is 4.55. The van der Waals surface area contributed by atoms with E-state index in [0.717, 1.165) is 0 Å². The van der Waals surface area contributed by atoms with Gasteiger partial charge in [-0.25, -0.2) is 4.79 Å². The highest BCUT2D eigenvalue weighted by Crippen LogP contribution is 2.26. The van der Waals surface area contributed by atoms with Crippen molar-refractivity contribution in [3.05, 3.63) is 0 Å². The molecule has 3 unspecified atom stereocenters. The number of urea groups is 1. The molecule has 1 fully saturated rings. The molecule has 4 atom stereocenters. The number of nitrogens with two attached hydrogens (primary N) is 3. The summed E-state index contributed by atoms with van der Waals surface area (Å²) < 4.78 is 0. The number of piperidine rings is 1. The number of hydrogen-bond acceptors (Lipinski definition) is 7. The Kier molecular flexibility index (Phi) is 8.79. The molecule has 1 saturated heterocycles. The average Bonchev–Trinajstić information content (AvgIpc) is 2.57. The summed E-state index contributed by atoms with van der Waals surface area (Å²) in [4.78, 5) is 36.0. The van der Waals surface area contributed by atoms with Crippen molar-refractivity contribution in [3.8, 4) is 0 Å². The number of hydrogen-bond donors (Lipinski definition) is 7. The Balaban J connectivity index is 2.67. The molecule has 148 valence electrons. The SMILES string of the molecule is NC(=O)NCC[C@@H](N)C(N)C(=O)N1CC(CCB(O)O)CC(C(=O)O)C1. The Morgan fingerprint density at radius 2 is 1.88 bits per heavy atom. The third-order valence-electron chi connectivity index (χ3n) is 4.55. The summed E-state index contributed by atoms with van der Waals surface area (Å²) >= 11 is 0. The van der Waals surface area contributed by atoms with E-state index in [1.165, 1.54) is 4.90 Å². The van der Waals surface area contributed by atoms with E-state index >= 15 is 0 Å². The lowest BCUT2D eigenvalue weighted by atomic mass is 9.77. The first kappa shape index (κ1) is 22.2. The second-order valence-electron chi connectivity index (χ2n) is 6.71. The molecule has 0 spiro atoms. The van der Waals surface area contributed by atoms with Crippen LogP contribution in [0.25, 0.3) is 0 Å². The second-order valence-corrected chi connectivity index (χ2v) is 6.71. The molecule has 1 heterocycles. The molecule has 3 amide bonds. The van der Waals surface area contributed by atoms with Gasteiger partial charge in [-0.1, -0.05) is 6.42 Å². The van der Waals surface area contributed by atoms with E-state index in [1.807, 2.05) is 0 Å². The number of primary amides is 1. The molecule has 1 aliphatic rings. The van der Waals surface area contributed by atoms with Gasteiger partial charge >= 0.3 is 19.1 Å². The Hall–Kier alpha value is -1.89. The first-order valence-corrected chi connectivity index (χ1v) is 8.54. The van der Waals surface area contributed by atoms with Crippen LogP contribution < -0.4 is 22.5 Å². The van der Waals surface area contributed by atoms with Gasteiger partial charge in [0.2, 0.25) is 5.91 Å². The summed E-state index contributed by atoms with van der Waals surface area (Å²) in [5.41, 5.74) is 16.8. The summed E-state index contributed by atoms with van der Waals surface area (Å²) in [5.74, 6) is -2.39. The van der Waals surface area contributed by atoms with Crippen molar-refractivity contribution in [1.29, 1.82) is 0 Å². The van der Waals surface area contributed by atoms with Crippen molar-refractivity contribution in [1.82, 2.24) is 10.2 Å². The molecular formula is C14H28BN5O6. The Morgan fingerprint density at radius 3 is 2.42 bits per heavy atom. The van der Waals surface area contributed by atoms with Crippen LogP contribution in [0.1, 0.15) is 19.3 Å². The van der Waals surface area contributed by atoms with Gasteiger partial charge in [0.05, 0.1) is 12.0 Å². The van der Waals surface area contributed by atoms with Crippen molar-refractivity contribution in [2.75, 3.05) is 19.6 Å². The highest BCUT2D eigenvalue weighted by atomic mass is 16.4. The van der Waals surface area contributed by atoms with Crippen LogP contribution in [0.2, 0.25) is 6.32 Å². The molecule has 0 saturated carbocycles. The number of likely N-dealkylation sites (tertiary alicyclic amines) is 1. The molecule has 11 nitrogen and oxygen atoms in total. The maximum atomic E-state index is 12.6. The van der Waals surface area contributed by atoms with Crippen molar-refractivity contribution in [3.63, 3.8) is 0 Å². The van der Waals surface area contributed by atoms with Crippen LogP contribution in [0.15, 0.2) is 0 Å². The topological polar surface area (TPSA) is 205 Å². The van der Waals surface area contributed by atoms with Gasteiger partial charge in [-0.3, -0.25) is 9.59 Å². The molecule has 12 heteroatoms. The van der Waals surface area contributed by atoms with Crippen LogP contribution in [0.3, 0.4) is 0 Å². The lowest BCUT2D eigenvalue weighted by Crippen LogP contribution is -2.57. The minimum absolute atomic E-state index is 0.0340. The van der Waals surface area contributed by atoms with Crippen LogP contribution in [0.5, 0.6) is 0 Å². The van der Waals surface area contributed by atoms with Gasteiger partial charge in [-0.15, -0.1) is 0 Å². The first-order chi connectivity index (χ1) is 12.1. The molecule has 0 radical (unpaired) electrons. The maximum absolute atomic E-state index is 12.6. The molecule has 1 aliphatic heterocycles. The van der Waals surface area contributed by atoms with E-state index in [-0.39, 0.29) is 38.3 Å². The second kappa shape index (κ2) is 10.3. The molecule has 0 aromatic carbocycles. The number of nitrogens with zero attached hydrogens (tertiary/aromatic N) is 1. The molecule has 26 heavy (non-hydrogen) atoms. The van der Waals surface area contributed by atoms with Gasteiger partial charge in [-0.2, -0.15) is 0 Å². The van der Waals surface area contributed by atoms with E-state index in [2.05, 4.69) is 5.32 Å². The lowest BCUT2D eigenvalue weighted by Gasteiger charge is -2.38. The van der Waals surface area contributed by atoms with Crippen molar-refractivity contribution in [2.45, 2.75) is 37.7 Å². The third kappa shape index (κ3) is 7.16. The number of carbonyl (C=O) groups is 3. The van der Waals surface area contributed by atoms with E-state index in [9.17, 15) is 19.5 Å². The molecule has 0 bridgehead atoms. The molecule has 1 rings (SSSR count).